The minimum Gasteiger partial charge on any atom is -0.365 e. The first-order valence-electron chi connectivity index (χ1n) is 5.92. The van der Waals surface area contributed by atoms with E-state index in [0.29, 0.717) is 11.7 Å². The summed E-state index contributed by atoms with van der Waals surface area (Å²) in [6, 6.07) is 7.24. The molecule has 0 spiro atoms. The highest BCUT2D eigenvalue weighted by Gasteiger charge is 2.15. The number of nitrogens with zero attached hydrogens (tertiary/aromatic N) is 1. The third kappa shape index (κ3) is 3.20. The van der Waals surface area contributed by atoms with Crippen molar-refractivity contribution in [3.63, 3.8) is 0 Å². The number of rotatable bonds is 6. The third-order valence-corrected chi connectivity index (χ3v) is 2.72. The van der Waals surface area contributed by atoms with E-state index in [1.165, 1.54) is 6.07 Å². The van der Waals surface area contributed by atoms with Crippen molar-refractivity contribution in [2.24, 2.45) is 0 Å². The zero-order valence-electron chi connectivity index (χ0n) is 10.3. The van der Waals surface area contributed by atoms with Crippen LogP contribution in [0, 0.1) is 5.82 Å². The molecular weight excluding hydrogens is 203 g/mol. The summed E-state index contributed by atoms with van der Waals surface area (Å²) in [6.07, 6.45) is 0. The first-order chi connectivity index (χ1) is 7.70. The molecule has 0 aromatic heterocycles. The Hall–Kier alpha value is -1.09. The first kappa shape index (κ1) is 13.0. The van der Waals surface area contributed by atoms with Gasteiger partial charge in [0.15, 0.2) is 0 Å². The number of halogens is 1. The van der Waals surface area contributed by atoms with Gasteiger partial charge < -0.3 is 10.2 Å². The van der Waals surface area contributed by atoms with E-state index in [4.69, 9.17) is 0 Å². The van der Waals surface area contributed by atoms with Crippen molar-refractivity contribution in [3.8, 4) is 0 Å². The van der Waals surface area contributed by atoms with Crippen molar-refractivity contribution in [2.45, 2.75) is 26.8 Å². The summed E-state index contributed by atoms with van der Waals surface area (Å²) < 4.78 is 13.6. The van der Waals surface area contributed by atoms with E-state index in [2.05, 4.69) is 31.0 Å². The number of benzene rings is 1. The van der Waals surface area contributed by atoms with Gasteiger partial charge in [0.1, 0.15) is 5.82 Å². The van der Waals surface area contributed by atoms with Crippen molar-refractivity contribution in [2.75, 3.05) is 24.5 Å². The Labute approximate surface area is 97.5 Å². The van der Waals surface area contributed by atoms with Gasteiger partial charge in [-0.3, -0.25) is 0 Å². The lowest BCUT2D eigenvalue weighted by Gasteiger charge is -2.30. The van der Waals surface area contributed by atoms with E-state index in [9.17, 15) is 4.39 Å². The van der Waals surface area contributed by atoms with Crippen LogP contribution in [0.3, 0.4) is 0 Å². The van der Waals surface area contributed by atoms with Crippen molar-refractivity contribution in [3.05, 3.63) is 30.1 Å². The topological polar surface area (TPSA) is 15.3 Å². The highest BCUT2D eigenvalue weighted by Crippen LogP contribution is 2.20. The third-order valence-electron chi connectivity index (χ3n) is 2.72. The molecule has 90 valence electrons. The molecule has 0 amide bonds. The van der Waals surface area contributed by atoms with Crippen molar-refractivity contribution in [1.82, 2.24) is 5.32 Å². The summed E-state index contributed by atoms with van der Waals surface area (Å²) in [5, 5.41) is 3.29. The van der Waals surface area contributed by atoms with E-state index >= 15 is 0 Å². The van der Waals surface area contributed by atoms with Gasteiger partial charge >= 0.3 is 0 Å². The minimum atomic E-state index is -0.146. The van der Waals surface area contributed by atoms with Crippen molar-refractivity contribution in [1.29, 1.82) is 0 Å². The first-order valence-corrected chi connectivity index (χ1v) is 5.92. The normalized spacial score (nSPS) is 12.5. The highest BCUT2D eigenvalue weighted by molar-refractivity contribution is 5.48. The van der Waals surface area contributed by atoms with E-state index in [1.54, 1.807) is 6.07 Å². The molecule has 2 nitrogen and oxygen atoms in total. The second kappa shape index (κ2) is 6.48. The second-order valence-electron chi connectivity index (χ2n) is 3.89. The molecule has 0 aliphatic carbocycles. The predicted octanol–water partition coefficient (Wildman–Crippen LogP) is 2.65. The van der Waals surface area contributed by atoms with Crippen LogP contribution in [0.25, 0.3) is 0 Å². The molecule has 1 rings (SSSR count). The molecule has 0 bridgehead atoms. The van der Waals surface area contributed by atoms with E-state index in [-0.39, 0.29) is 5.82 Å². The van der Waals surface area contributed by atoms with Crippen LogP contribution in [0.2, 0.25) is 0 Å². The number of likely N-dealkylation sites (N-methyl/N-ethyl adjacent to an activating group) is 2. The maximum absolute atomic E-state index is 13.6. The summed E-state index contributed by atoms with van der Waals surface area (Å²) in [6.45, 7) is 8.87. The lowest BCUT2D eigenvalue weighted by Crippen LogP contribution is -2.40. The fraction of sp³-hybridized carbons (Fsp3) is 0.538. The molecule has 0 aliphatic rings. The van der Waals surface area contributed by atoms with Gasteiger partial charge in [-0.2, -0.15) is 0 Å². The SMILES string of the molecule is CCNCC(C)N(CC)c1ccccc1F. The average molecular weight is 224 g/mol. The van der Waals surface area contributed by atoms with Crippen LogP contribution in [0.5, 0.6) is 0 Å². The zero-order chi connectivity index (χ0) is 12.0. The molecule has 0 heterocycles. The van der Waals surface area contributed by atoms with Crippen molar-refractivity contribution >= 4 is 5.69 Å². The molecule has 16 heavy (non-hydrogen) atoms. The van der Waals surface area contributed by atoms with Gasteiger partial charge in [-0.15, -0.1) is 0 Å². The quantitative estimate of drug-likeness (QED) is 0.799. The lowest BCUT2D eigenvalue weighted by atomic mass is 10.2. The Morgan fingerprint density at radius 2 is 2.00 bits per heavy atom. The molecule has 1 aromatic carbocycles. The van der Waals surface area contributed by atoms with Gasteiger partial charge in [-0.05, 0) is 32.5 Å². The van der Waals surface area contributed by atoms with Crippen molar-refractivity contribution < 1.29 is 4.39 Å². The van der Waals surface area contributed by atoms with Gasteiger partial charge in [0.25, 0.3) is 0 Å². The van der Waals surface area contributed by atoms with Gasteiger partial charge in [0.05, 0.1) is 5.69 Å². The largest absolute Gasteiger partial charge is 0.365 e. The maximum Gasteiger partial charge on any atom is 0.146 e. The van der Waals surface area contributed by atoms with Gasteiger partial charge in [-0.1, -0.05) is 19.1 Å². The summed E-state index contributed by atoms with van der Waals surface area (Å²) in [4.78, 5) is 2.08. The van der Waals surface area contributed by atoms with E-state index < -0.39 is 0 Å². The molecule has 0 radical (unpaired) electrons. The molecule has 1 N–H and O–H groups in total. The molecule has 0 aliphatic heterocycles. The van der Waals surface area contributed by atoms with Gasteiger partial charge in [0, 0.05) is 19.1 Å². The maximum atomic E-state index is 13.6. The molecule has 1 aromatic rings. The monoisotopic (exact) mass is 224 g/mol. The van der Waals surface area contributed by atoms with Crippen LogP contribution >= 0.6 is 0 Å². The smallest absolute Gasteiger partial charge is 0.146 e. The molecule has 1 atom stereocenters. The van der Waals surface area contributed by atoms with Gasteiger partial charge in [-0.25, -0.2) is 4.39 Å². The number of hydrogen-bond donors (Lipinski definition) is 1. The molecule has 1 unspecified atom stereocenters. The number of hydrogen-bond acceptors (Lipinski definition) is 2. The summed E-state index contributed by atoms with van der Waals surface area (Å²) in [5.41, 5.74) is 0.690. The van der Waals surface area contributed by atoms with Gasteiger partial charge in [0.2, 0.25) is 0 Å². The highest BCUT2D eigenvalue weighted by atomic mass is 19.1. The van der Waals surface area contributed by atoms with E-state index in [0.717, 1.165) is 19.6 Å². The Morgan fingerprint density at radius 1 is 1.31 bits per heavy atom. The number of para-hydroxylation sites is 1. The minimum absolute atomic E-state index is 0.146. The molecular formula is C13H21FN2. The van der Waals surface area contributed by atoms with Crippen LogP contribution in [0.1, 0.15) is 20.8 Å². The Kier molecular flexibility index (Phi) is 5.26. The lowest BCUT2D eigenvalue weighted by molar-refractivity contribution is 0.559. The van der Waals surface area contributed by atoms with Crippen LogP contribution in [0.15, 0.2) is 24.3 Å². The number of anilines is 1. The predicted molar refractivity (Wildman–Crippen MR) is 67.4 cm³/mol. The number of nitrogens with one attached hydrogen (secondary N) is 1. The van der Waals surface area contributed by atoms with Crippen LogP contribution in [0.4, 0.5) is 10.1 Å². The molecule has 3 heteroatoms. The fourth-order valence-corrected chi connectivity index (χ4v) is 1.87. The van der Waals surface area contributed by atoms with Crippen LogP contribution in [-0.2, 0) is 0 Å². The summed E-state index contributed by atoms with van der Waals surface area (Å²) >= 11 is 0. The standard InChI is InChI=1S/C13H21FN2/c1-4-15-10-11(3)16(5-2)13-9-7-6-8-12(13)14/h6-9,11,15H,4-5,10H2,1-3H3. The Balaban J connectivity index is 2.77. The van der Waals surface area contributed by atoms with Crippen LogP contribution in [-0.4, -0.2) is 25.7 Å². The molecule has 0 saturated carbocycles. The summed E-state index contributed by atoms with van der Waals surface area (Å²) in [7, 11) is 0. The Bertz CT molecular complexity index is 315. The zero-order valence-corrected chi connectivity index (χ0v) is 10.3. The second-order valence-corrected chi connectivity index (χ2v) is 3.89. The Morgan fingerprint density at radius 3 is 2.56 bits per heavy atom. The fourth-order valence-electron chi connectivity index (χ4n) is 1.87. The molecule has 0 saturated heterocycles. The average Bonchev–Trinajstić information content (AvgIpc) is 2.30. The van der Waals surface area contributed by atoms with Crippen LogP contribution < -0.4 is 10.2 Å². The summed E-state index contributed by atoms with van der Waals surface area (Å²) in [5.74, 6) is -0.146. The van der Waals surface area contributed by atoms with E-state index in [1.807, 2.05) is 12.1 Å². The molecule has 0 fully saturated rings.